The first-order valence-corrected chi connectivity index (χ1v) is 10.2. The SMILES string of the molecule is NC[C@]12CC[C@H]1CN(Cc1cccc3c1C(=O)N(C1CCC(=O)NC1=O)C3=O)C2. The van der Waals surface area contributed by atoms with Crippen molar-refractivity contribution in [3.05, 3.63) is 34.9 Å². The zero-order valence-electron chi connectivity index (χ0n) is 16.1. The van der Waals surface area contributed by atoms with Gasteiger partial charge >= 0.3 is 0 Å². The summed E-state index contributed by atoms with van der Waals surface area (Å²) in [5, 5.41) is 2.23. The number of nitrogens with zero attached hydrogens (tertiary/aromatic N) is 2. The van der Waals surface area contributed by atoms with E-state index in [4.69, 9.17) is 5.73 Å². The van der Waals surface area contributed by atoms with Crippen molar-refractivity contribution in [2.24, 2.45) is 17.1 Å². The van der Waals surface area contributed by atoms with Gasteiger partial charge < -0.3 is 5.73 Å². The van der Waals surface area contributed by atoms with Gasteiger partial charge in [-0.25, -0.2) is 0 Å². The van der Waals surface area contributed by atoms with Crippen molar-refractivity contribution in [2.45, 2.75) is 38.3 Å². The highest BCUT2D eigenvalue weighted by atomic mass is 16.2. The molecular weight excluding hydrogens is 372 g/mol. The Morgan fingerprint density at radius 1 is 1.14 bits per heavy atom. The predicted octanol–water partition coefficient (Wildman–Crippen LogP) is 0.259. The molecule has 4 aliphatic rings. The number of carbonyl (C=O) groups excluding carboxylic acids is 4. The van der Waals surface area contributed by atoms with Crippen molar-refractivity contribution in [2.75, 3.05) is 19.6 Å². The molecule has 1 saturated carbocycles. The highest BCUT2D eigenvalue weighted by molar-refractivity contribution is 6.24. The highest BCUT2D eigenvalue weighted by Crippen LogP contribution is 2.51. The highest BCUT2D eigenvalue weighted by Gasteiger charge is 2.52. The number of hydrogen-bond acceptors (Lipinski definition) is 6. The Bertz CT molecular complexity index is 941. The van der Waals surface area contributed by atoms with Crippen LogP contribution < -0.4 is 11.1 Å². The van der Waals surface area contributed by atoms with Crippen molar-refractivity contribution < 1.29 is 19.2 Å². The third-order valence-electron chi connectivity index (χ3n) is 7.23. The molecule has 3 aliphatic heterocycles. The van der Waals surface area contributed by atoms with Gasteiger partial charge in [0.1, 0.15) is 6.04 Å². The topological polar surface area (TPSA) is 113 Å². The molecular formula is C21H24N4O4. The van der Waals surface area contributed by atoms with Crippen molar-refractivity contribution in [3.63, 3.8) is 0 Å². The lowest BCUT2D eigenvalue weighted by molar-refractivity contribution is -0.136. The van der Waals surface area contributed by atoms with E-state index in [1.807, 2.05) is 6.07 Å². The number of hydrogen-bond donors (Lipinski definition) is 2. The zero-order chi connectivity index (χ0) is 20.3. The first kappa shape index (κ1) is 18.4. The molecule has 3 heterocycles. The van der Waals surface area contributed by atoms with Gasteiger partial charge in [0.15, 0.2) is 0 Å². The van der Waals surface area contributed by atoms with Crippen LogP contribution in [0.4, 0.5) is 0 Å². The van der Waals surface area contributed by atoms with E-state index in [9.17, 15) is 19.2 Å². The summed E-state index contributed by atoms with van der Waals surface area (Å²) >= 11 is 0. The first-order valence-electron chi connectivity index (χ1n) is 10.2. The predicted molar refractivity (Wildman–Crippen MR) is 103 cm³/mol. The lowest BCUT2D eigenvalue weighted by Gasteiger charge is -2.43. The van der Waals surface area contributed by atoms with Crippen LogP contribution in [0, 0.1) is 11.3 Å². The fraction of sp³-hybridized carbons (Fsp3) is 0.524. The normalized spacial score (nSPS) is 31.6. The molecule has 0 aromatic heterocycles. The Kier molecular flexibility index (Phi) is 4.11. The summed E-state index contributed by atoms with van der Waals surface area (Å²) in [5.74, 6) is -1.24. The molecule has 8 heteroatoms. The summed E-state index contributed by atoms with van der Waals surface area (Å²) in [4.78, 5) is 53.2. The van der Waals surface area contributed by atoms with E-state index in [0.717, 1.165) is 30.0 Å². The van der Waals surface area contributed by atoms with Crippen molar-refractivity contribution >= 4 is 23.6 Å². The fourth-order valence-corrected chi connectivity index (χ4v) is 5.48. The summed E-state index contributed by atoms with van der Waals surface area (Å²) in [6, 6.07) is 4.38. The van der Waals surface area contributed by atoms with Gasteiger partial charge in [0.2, 0.25) is 11.8 Å². The standard InChI is InChI=1S/C21H24N4O4/c22-10-21-7-6-13(21)9-24(11-21)8-12-2-1-3-14-17(12)20(29)25(19(14)28)15-4-5-16(26)23-18(15)27/h1-3,13,15H,4-11,22H2,(H,23,26,27)/t13-,15?,21-/m0/s1. The van der Waals surface area contributed by atoms with Crippen LogP contribution in [0.1, 0.15) is 52.0 Å². The Morgan fingerprint density at radius 3 is 2.62 bits per heavy atom. The van der Waals surface area contributed by atoms with E-state index >= 15 is 0 Å². The molecule has 8 nitrogen and oxygen atoms in total. The van der Waals surface area contributed by atoms with E-state index in [2.05, 4.69) is 10.2 Å². The average Bonchev–Trinajstić information content (AvgIpc) is 3.08. The van der Waals surface area contributed by atoms with Gasteiger partial charge in [-0.3, -0.25) is 34.3 Å². The maximum atomic E-state index is 13.2. The summed E-state index contributed by atoms with van der Waals surface area (Å²) < 4.78 is 0. The molecule has 152 valence electrons. The minimum absolute atomic E-state index is 0.118. The Morgan fingerprint density at radius 2 is 1.97 bits per heavy atom. The number of nitrogens with two attached hydrogens (primary N) is 1. The Hall–Kier alpha value is -2.58. The Balaban J connectivity index is 1.41. The lowest BCUT2D eigenvalue weighted by atomic mass is 9.62. The summed E-state index contributed by atoms with van der Waals surface area (Å²) in [5.41, 5.74) is 7.77. The summed E-state index contributed by atoms with van der Waals surface area (Å²) in [6.07, 6.45) is 2.63. The van der Waals surface area contributed by atoms with Crippen LogP contribution >= 0.6 is 0 Å². The van der Waals surface area contributed by atoms with Crippen LogP contribution in [0.15, 0.2) is 18.2 Å². The van der Waals surface area contributed by atoms with Crippen molar-refractivity contribution in [1.82, 2.24) is 15.1 Å². The number of imide groups is 2. The number of carbonyl (C=O) groups is 4. The van der Waals surface area contributed by atoms with Crippen molar-refractivity contribution in [1.29, 1.82) is 0 Å². The van der Waals surface area contributed by atoms with E-state index in [1.165, 1.54) is 6.42 Å². The molecule has 3 N–H and O–H groups in total. The molecule has 0 bridgehead atoms. The lowest BCUT2D eigenvalue weighted by Crippen LogP contribution is -2.54. The summed E-state index contributed by atoms with van der Waals surface area (Å²) in [6.45, 7) is 3.14. The number of nitrogens with one attached hydrogen (secondary N) is 1. The molecule has 5 rings (SSSR count). The van der Waals surface area contributed by atoms with Crippen LogP contribution in [0.2, 0.25) is 0 Å². The first-order chi connectivity index (χ1) is 13.9. The smallest absolute Gasteiger partial charge is 0.262 e. The largest absolute Gasteiger partial charge is 0.330 e. The summed E-state index contributed by atoms with van der Waals surface area (Å²) in [7, 11) is 0. The number of likely N-dealkylation sites (tertiary alicyclic amines) is 1. The van der Waals surface area contributed by atoms with Gasteiger partial charge in [-0.2, -0.15) is 0 Å². The van der Waals surface area contributed by atoms with Gasteiger partial charge in [-0.1, -0.05) is 12.1 Å². The van der Waals surface area contributed by atoms with Crippen LogP contribution in [-0.2, 0) is 16.1 Å². The molecule has 1 aromatic carbocycles. The van der Waals surface area contributed by atoms with Crippen LogP contribution in [0.5, 0.6) is 0 Å². The second-order valence-electron chi connectivity index (χ2n) is 8.76. The molecule has 29 heavy (non-hydrogen) atoms. The minimum Gasteiger partial charge on any atom is -0.330 e. The molecule has 1 aromatic rings. The Labute approximate surface area is 168 Å². The van der Waals surface area contributed by atoms with Crippen LogP contribution in [-0.4, -0.2) is 59.1 Å². The molecule has 1 aliphatic carbocycles. The van der Waals surface area contributed by atoms with E-state index < -0.39 is 23.8 Å². The quantitative estimate of drug-likeness (QED) is 0.706. The third-order valence-corrected chi connectivity index (χ3v) is 7.23. The number of piperidine rings is 1. The number of rotatable bonds is 4. The van der Waals surface area contributed by atoms with Gasteiger partial charge in [0.25, 0.3) is 11.8 Å². The number of benzene rings is 1. The molecule has 0 spiro atoms. The molecule has 3 atom stereocenters. The van der Waals surface area contributed by atoms with Gasteiger partial charge in [-0.15, -0.1) is 0 Å². The average molecular weight is 396 g/mol. The third kappa shape index (κ3) is 2.66. The molecule has 4 amide bonds. The van der Waals surface area contributed by atoms with E-state index in [1.54, 1.807) is 12.1 Å². The van der Waals surface area contributed by atoms with Gasteiger partial charge in [-0.05, 0) is 48.8 Å². The zero-order valence-corrected chi connectivity index (χ0v) is 16.1. The second kappa shape index (κ2) is 6.47. The molecule has 3 fully saturated rings. The monoisotopic (exact) mass is 396 g/mol. The maximum absolute atomic E-state index is 13.2. The van der Waals surface area contributed by atoms with Crippen LogP contribution in [0.25, 0.3) is 0 Å². The minimum atomic E-state index is -0.934. The maximum Gasteiger partial charge on any atom is 0.262 e. The molecule has 1 unspecified atom stereocenters. The van der Waals surface area contributed by atoms with Crippen LogP contribution in [0.3, 0.4) is 0 Å². The molecule has 0 radical (unpaired) electrons. The van der Waals surface area contributed by atoms with E-state index in [0.29, 0.717) is 30.1 Å². The van der Waals surface area contributed by atoms with Gasteiger partial charge in [0, 0.05) is 26.1 Å². The van der Waals surface area contributed by atoms with E-state index in [-0.39, 0.29) is 24.2 Å². The fourth-order valence-electron chi connectivity index (χ4n) is 5.48. The van der Waals surface area contributed by atoms with Gasteiger partial charge in [0.05, 0.1) is 11.1 Å². The van der Waals surface area contributed by atoms with Crippen molar-refractivity contribution in [3.8, 4) is 0 Å². The number of amides is 4. The second-order valence-corrected chi connectivity index (χ2v) is 8.76. The molecule has 2 saturated heterocycles. The number of fused-ring (bicyclic) bond motifs is 2.